The van der Waals surface area contributed by atoms with E-state index in [2.05, 4.69) is 5.10 Å². The van der Waals surface area contributed by atoms with Crippen LogP contribution in [0.1, 0.15) is 25.2 Å². The molecule has 0 unspecified atom stereocenters. The number of aryl methyl sites for hydroxylation is 3. The van der Waals surface area contributed by atoms with Crippen LogP contribution in [0.3, 0.4) is 0 Å². The van der Waals surface area contributed by atoms with Crippen molar-refractivity contribution < 1.29 is 0 Å². The molecule has 7 nitrogen and oxygen atoms in total. The third-order valence-corrected chi connectivity index (χ3v) is 3.25. The van der Waals surface area contributed by atoms with Crippen LogP contribution in [-0.4, -0.2) is 18.9 Å². The molecule has 2 aromatic rings. The first-order valence-corrected chi connectivity index (χ1v) is 6.59. The molecule has 0 bridgehead atoms. The lowest BCUT2D eigenvalue weighted by molar-refractivity contribution is 0.567. The molecule has 2 heterocycles. The average molecular weight is 277 g/mol. The summed E-state index contributed by atoms with van der Waals surface area (Å²) < 4.78 is 4.25. The van der Waals surface area contributed by atoms with Crippen molar-refractivity contribution in [2.75, 3.05) is 5.73 Å². The van der Waals surface area contributed by atoms with E-state index in [4.69, 9.17) is 5.73 Å². The zero-order valence-electron chi connectivity index (χ0n) is 12.0. The zero-order valence-corrected chi connectivity index (χ0v) is 12.0. The van der Waals surface area contributed by atoms with E-state index >= 15 is 0 Å². The van der Waals surface area contributed by atoms with Crippen molar-refractivity contribution in [3.05, 3.63) is 44.5 Å². The highest BCUT2D eigenvalue weighted by Gasteiger charge is 2.12. The Hall–Kier alpha value is -2.31. The number of anilines is 1. The first kappa shape index (κ1) is 14.1. The molecule has 0 amide bonds. The zero-order chi connectivity index (χ0) is 14.9. The fourth-order valence-electron chi connectivity index (χ4n) is 2.14. The Bertz CT molecular complexity index is 704. The normalized spacial score (nSPS) is 10.9. The van der Waals surface area contributed by atoms with Crippen molar-refractivity contribution >= 4 is 5.69 Å². The Labute approximate surface area is 116 Å². The van der Waals surface area contributed by atoms with Gasteiger partial charge in [-0.2, -0.15) is 5.10 Å². The SMILES string of the molecule is CCc1cc(Cn2c(=O)c(N)cn(C)c2=O)n(CC)n1. The van der Waals surface area contributed by atoms with Gasteiger partial charge in [-0.3, -0.25) is 14.0 Å². The molecule has 0 saturated heterocycles. The summed E-state index contributed by atoms with van der Waals surface area (Å²) in [4.78, 5) is 24.1. The van der Waals surface area contributed by atoms with Gasteiger partial charge in [0.1, 0.15) is 5.69 Å². The second-order valence-corrected chi connectivity index (χ2v) is 4.67. The summed E-state index contributed by atoms with van der Waals surface area (Å²) in [6, 6.07) is 1.92. The van der Waals surface area contributed by atoms with Crippen LogP contribution >= 0.6 is 0 Å². The minimum absolute atomic E-state index is 0.0605. The molecule has 0 aliphatic heterocycles. The number of nitrogens with zero attached hydrogens (tertiary/aromatic N) is 4. The average Bonchev–Trinajstić information content (AvgIpc) is 2.83. The fraction of sp³-hybridized carbons (Fsp3) is 0.462. The second-order valence-electron chi connectivity index (χ2n) is 4.67. The van der Waals surface area contributed by atoms with Gasteiger partial charge >= 0.3 is 5.69 Å². The van der Waals surface area contributed by atoms with E-state index in [0.717, 1.165) is 22.4 Å². The van der Waals surface area contributed by atoms with E-state index in [1.54, 1.807) is 11.7 Å². The highest BCUT2D eigenvalue weighted by molar-refractivity contribution is 5.31. The van der Waals surface area contributed by atoms with Crippen molar-refractivity contribution in [2.45, 2.75) is 33.4 Å². The first-order chi connectivity index (χ1) is 9.47. The van der Waals surface area contributed by atoms with Gasteiger partial charge in [0.05, 0.1) is 17.9 Å². The standard InChI is InChI=1S/C13H19N5O2/c1-4-9-6-10(18(5-2)15-9)7-17-12(19)11(14)8-16(3)13(17)20/h6,8H,4-5,7,14H2,1-3H3. The summed E-state index contributed by atoms with van der Waals surface area (Å²) in [7, 11) is 1.57. The molecule has 0 radical (unpaired) electrons. The van der Waals surface area contributed by atoms with Gasteiger partial charge < -0.3 is 10.3 Å². The van der Waals surface area contributed by atoms with Gasteiger partial charge in [-0.05, 0) is 19.4 Å². The molecule has 2 rings (SSSR count). The largest absolute Gasteiger partial charge is 0.393 e. The summed E-state index contributed by atoms with van der Waals surface area (Å²) in [5.41, 5.74) is 6.61. The quantitative estimate of drug-likeness (QED) is 0.849. The van der Waals surface area contributed by atoms with Crippen LogP contribution in [0.25, 0.3) is 0 Å². The maximum absolute atomic E-state index is 12.1. The molecule has 0 saturated carbocycles. The fourth-order valence-corrected chi connectivity index (χ4v) is 2.14. The lowest BCUT2D eigenvalue weighted by Gasteiger charge is -2.09. The van der Waals surface area contributed by atoms with E-state index < -0.39 is 5.56 Å². The first-order valence-electron chi connectivity index (χ1n) is 6.59. The van der Waals surface area contributed by atoms with Gasteiger partial charge in [0, 0.05) is 19.8 Å². The van der Waals surface area contributed by atoms with Crippen LogP contribution in [0.4, 0.5) is 5.69 Å². The molecule has 20 heavy (non-hydrogen) atoms. The van der Waals surface area contributed by atoms with Crippen molar-refractivity contribution in [3.8, 4) is 0 Å². The molecule has 7 heteroatoms. The van der Waals surface area contributed by atoms with Crippen LogP contribution in [0, 0.1) is 0 Å². The molecule has 2 N–H and O–H groups in total. The summed E-state index contributed by atoms with van der Waals surface area (Å²) in [5, 5.41) is 4.41. The van der Waals surface area contributed by atoms with Crippen LogP contribution in [-0.2, 0) is 26.6 Å². The molecule has 0 aromatic carbocycles. The number of hydrogen-bond donors (Lipinski definition) is 1. The summed E-state index contributed by atoms with van der Waals surface area (Å²) >= 11 is 0. The Morgan fingerprint density at radius 1 is 1.30 bits per heavy atom. The number of nitrogen functional groups attached to an aromatic ring is 1. The monoisotopic (exact) mass is 277 g/mol. The Morgan fingerprint density at radius 2 is 2.00 bits per heavy atom. The summed E-state index contributed by atoms with van der Waals surface area (Å²) in [6.45, 7) is 4.85. The van der Waals surface area contributed by atoms with Gasteiger partial charge in [0.2, 0.25) is 0 Å². The van der Waals surface area contributed by atoms with Gasteiger partial charge in [-0.1, -0.05) is 6.92 Å². The highest BCUT2D eigenvalue weighted by Crippen LogP contribution is 2.06. The molecule has 0 aliphatic rings. The second kappa shape index (κ2) is 5.36. The number of aromatic nitrogens is 4. The topological polar surface area (TPSA) is 87.8 Å². The lowest BCUT2D eigenvalue weighted by atomic mass is 10.3. The Kier molecular flexibility index (Phi) is 3.78. The molecule has 0 spiro atoms. The molecule has 0 atom stereocenters. The van der Waals surface area contributed by atoms with Crippen molar-refractivity contribution in [3.63, 3.8) is 0 Å². The maximum Gasteiger partial charge on any atom is 0.331 e. The van der Waals surface area contributed by atoms with Crippen LogP contribution in [0.2, 0.25) is 0 Å². The van der Waals surface area contributed by atoms with Crippen molar-refractivity contribution in [1.82, 2.24) is 18.9 Å². The van der Waals surface area contributed by atoms with E-state index in [-0.39, 0.29) is 17.9 Å². The lowest BCUT2D eigenvalue weighted by Crippen LogP contribution is -2.40. The van der Waals surface area contributed by atoms with Gasteiger partial charge in [0.15, 0.2) is 0 Å². The third-order valence-electron chi connectivity index (χ3n) is 3.25. The predicted molar refractivity (Wildman–Crippen MR) is 76.7 cm³/mol. The van der Waals surface area contributed by atoms with Crippen LogP contribution in [0.5, 0.6) is 0 Å². The van der Waals surface area contributed by atoms with E-state index in [0.29, 0.717) is 6.54 Å². The van der Waals surface area contributed by atoms with Gasteiger partial charge in [-0.25, -0.2) is 4.79 Å². The Balaban J connectivity index is 2.53. The molecule has 2 aromatic heterocycles. The van der Waals surface area contributed by atoms with Crippen molar-refractivity contribution in [2.24, 2.45) is 7.05 Å². The van der Waals surface area contributed by atoms with E-state index in [1.807, 2.05) is 19.9 Å². The van der Waals surface area contributed by atoms with Gasteiger partial charge in [-0.15, -0.1) is 0 Å². The Morgan fingerprint density at radius 3 is 2.60 bits per heavy atom. The number of nitrogens with two attached hydrogens (primary N) is 1. The molecular weight excluding hydrogens is 258 g/mol. The van der Waals surface area contributed by atoms with Crippen LogP contribution < -0.4 is 17.0 Å². The molecule has 0 aliphatic carbocycles. The van der Waals surface area contributed by atoms with Gasteiger partial charge in [0.25, 0.3) is 5.56 Å². The van der Waals surface area contributed by atoms with E-state index in [9.17, 15) is 9.59 Å². The maximum atomic E-state index is 12.1. The van der Waals surface area contributed by atoms with E-state index in [1.165, 1.54) is 10.8 Å². The predicted octanol–water partition coefficient (Wildman–Crippen LogP) is -0.0437. The summed E-state index contributed by atoms with van der Waals surface area (Å²) in [5.74, 6) is 0. The number of hydrogen-bond acceptors (Lipinski definition) is 4. The highest BCUT2D eigenvalue weighted by atomic mass is 16.2. The third kappa shape index (κ3) is 2.38. The molecular formula is C13H19N5O2. The minimum Gasteiger partial charge on any atom is -0.393 e. The smallest absolute Gasteiger partial charge is 0.331 e. The minimum atomic E-state index is -0.463. The van der Waals surface area contributed by atoms with Crippen molar-refractivity contribution in [1.29, 1.82) is 0 Å². The number of rotatable bonds is 4. The molecule has 0 fully saturated rings. The molecule has 108 valence electrons. The van der Waals surface area contributed by atoms with Crippen LogP contribution in [0.15, 0.2) is 21.9 Å². The summed E-state index contributed by atoms with van der Waals surface area (Å²) in [6.07, 6.45) is 2.15.